The molecule has 3 atom stereocenters. The molecule has 114 valence electrons. The summed E-state index contributed by atoms with van der Waals surface area (Å²) in [5.41, 5.74) is -0.434. The molecule has 0 spiro atoms. The van der Waals surface area contributed by atoms with E-state index in [-0.39, 0.29) is 6.09 Å². The Morgan fingerprint density at radius 3 is 2.52 bits per heavy atom. The summed E-state index contributed by atoms with van der Waals surface area (Å²) in [5, 5.41) is 4.13. The molecule has 2 aliphatic carbocycles. The van der Waals surface area contributed by atoms with Gasteiger partial charge in [-0.05, 0) is 45.4 Å². The minimum absolute atomic E-state index is 0.208. The van der Waals surface area contributed by atoms with Crippen LogP contribution in [0.5, 0.6) is 0 Å². The second-order valence-corrected chi connectivity index (χ2v) is 7.50. The molecule has 0 aromatic carbocycles. The number of piperidine rings is 1. The first kappa shape index (κ1) is 13.1. The summed E-state index contributed by atoms with van der Waals surface area (Å²) in [6.07, 6.45) is 2.14. The van der Waals surface area contributed by atoms with Crippen molar-refractivity contribution in [2.75, 3.05) is 13.1 Å². The van der Waals surface area contributed by atoms with Crippen molar-refractivity contribution >= 4 is 6.09 Å². The number of carbonyl (C=O) groups is 1. The monoisotopic (exact) mass is 291 g/mol. The fourth-order valence-electron chi connectivity index (χ4n) is 3.26. The topological polar surface area (TPSA) is 68.5 Å². The number of aromatic nitrogens is 2. The van der Waals surface area contributed by atoms with Crippen molar-refractivity contribution < 1.29 is 14.1 Å². The Kier molecular flexibility index (Phi) is 2.63. The van der Waals surface area contributed by atoms with Crippen molar-refractivity contribution in [2.24, 2.45) is 11.8 Å². The van der Waals surface area contributed by atoms with E-state index in [0.29, 0.717) is 23.7 Å². The lowest BCUT2D eigenvalue weighted by Crippen LogP contribution is -2.36. The number of rotatable bonds is 2. The normalized spacial score (nSPS) is 31.2. The highest BCUT2D eigenvalue weighted by atomic mass is 16.6. The summed E-state index contributed by atoms with van der Waals surface area (Å²) in [6.45, 7) is 7.17. The lowest BCUT2D eigenvalue weighted by molar-refractivity contribution is 0.0270. The van der Waals surface area contributed by atoms with Crippen LogP contribution in [-0.4, -0.2) is 39.8 Å². The predicted octanol–water partition coefficient (Wildman–Crippen LogP) is 2.53. The first-order valence-corrected chi connectivity index (χ1v) is 7.74. The molecule has 1 unspecified atom stereocenters. The number of fused-ring (bicyclic) bond motifs is 1. The zero-order valence-corrected chi connectivity index (χ0v) is 12.7. The van der Waals surface area contributed by atoms with E-state index in [9.17, 15) is 4.79 Å². The van der Waals surface area contributed by atoms with Crippen molar-refractivity contribution in [1.82, 2.24) is 15.0 Å². The molecule has 4 rings (SSSR count). The maximum absolute atomic E-state index is 12.0. The lowest BCUT2D eigenvalue weighted by atomic mass is 10.2. The third-order valence-electron chi connectivity index (χ3n) is 4.53. The van der Waals surface area contributed by atoms with Crippen LogP contribution >= 0.6 is 0 Å². The molecule has 1 aromatic rings. The van der Waals surface area contributed by atoms with Gasteiger partial charge in [0.25, 0.3) is 0 Å². The van der Waals surface area contributed by atoms with Crippen molar-refractivity contribution in [3.05, 3.63) is 11.7 Å². The molecular weight excluding hydrogens is 270 g/mol. The molecule has 3 aliphatic rings. The van der Waals surface area contributed by atoms with E-state index in [1.165, 1.54) is 12.8 Å². The van der Waals surface area contributed by atoms with E-state index in [0.717, 1.165) is 24.8 Å². The van der Waals surface area contributed by atoms with Crippen LogP contribution < -0.4 is 0 Å². The highest BCUT2D eigenvalue weighted by Gasteiger charge is 2.60. The van der Waals surface area contributed by atoms with E-state index in [2.05, 4.69) is 10.1 Å². The summed E-state index contributed by atoms with van der Waals surface area (Å²) in [7, 11) is 0. The third kappa shape index (κ3) is 2.40. The summed E-state index contributed by atoms with van der Waals surface area (Å²) in [4.78, 5) is 18.4. The van der Waals surface area contributed by atoms with Gasteiger partial charge < -0.3 is 14.2 Å². The molecule has 6 nitrogen and oxygen atoms in total. The van der Waals surface area contributed by atoms with Gasteiger partial charge in [-0.25, -0.2) is 4.79 Å². The molecule has 0 bridgehead atoms. The number of amides is 1. The molecule has 1 aromatic heterocycles. The molecular formula is C15H21N3O3. The molecule has 1 amide bonds. The molecule has 2 saturated carbocycles. The first-order valence-electron chi connectivity index (χ1n) is 7.74. The van der Waals surface area contributed by atoms with Crippen LogP contribution in [0.4, 0.5) is 4.79 Å². The lowest BCUT2D eigenvalue weighted by Gasteiger charge is -2.25. The Balaban J connectivity index is 1.35. The van der Waals surface area contributed by atoms with Crippen molar-refractivity contribution in [1.29, 1.82) is 0 Å². The van der Waals surface area contributed by atoms with Gasteiger partial charge in [-0.2, -0.15) is 4.98 Å². The number of ether oxygens (including phenoxy) is 1. The molecule has 1 saturated heterocycles. The second kappa shape index (κ2) is 4.21. The molecule has 0 radical (unpaired) electrons. The standard InChI is InChI=1S/C15H21N3O3/c1-15(2,3)20-14(19)18-6-9-10(7-18)11(9)12-16-13(21-17-12)8-4-5-8/h8-11H,4-7H2,1-3H3/t9-,10+,11?. The fourth-order valence-corrected chi connectivity index (χ4v) is 3.26. The van der Waals surface area contributed by atoms with Gasteiger partial charge in [-0.3, -0.25) is 0 Å². The van der Waals surface area contributed by atoms with Gasteiger partial charge in [0.05, 0.1) is 0 Å². The average Bonchev–Trinajstić information content (AvgIpc) is 3.25. The first-order chi connectivity index (χ1) is 9.92. The molecule has 2 heterocycles. The van der Waals surface area contributed by atoms with Crippen LogP contribution in [0.2, 0.25) is 0 Å². The van der Waals surface area contributed by atoms with Crippen molar-refractivity contribution in [3.8, 4) is 0 Å². The smallest absolute Gasteiger partial charge is 0.410 e. The van der Waals surface area contributed by atoms with Crippen LogP contribution in [0, 0.1) is 11.8 Å². The van der Waals surface area contributed by atoms with Crippen LogP contribution in [0.25, 0.3) is 0 Å². The Morgan fingerprint density at radius 2 is 1.95 bits per heavy atom. The molecule has 3 fully saturated rings. The Bertz CT molecular complexity index is 561. The highest BCUT2D eigenvalue weighted by molar-refractivity contribution is 5.69. The number of nitrogens with zero attached hydrogens (tertiary/aromatic N) is 3. The highest BCUT2D eigenvalue weighted by Crippen LogP contribution is 2.57. The fraction of sp³-hybridized carbons (Fsp3) is 0.800. The Hall–Kier alpha value is -1.59. The van der Waals surface area contributed by atoms with Gasteiger partial charge in [0.1, 0.15) is 5.60 Å². The van der Waals surface area contributed by atoms with Crippen LogP contribution in [0.1, 0.15) is 57.2 Å². The summed E-state index contributed by atoms with van der Waals surface area (Å²) < 4.78 is 10.7. The van der Waals surface area contributed by atoms with Gasteiger partial charge in [0.15, 0.2) is 5.82 Å². The minimum atomic E-state index is -0.434. The summed E-state index contributed by atoms with van der Waals surface area (Å²) >= 11 is 0. The SMILES string of the molecule is CC(C)(C)OC(=O)N1C[C@@H]2C(c3noc(C4CC4)n3)[C@@H]2C1. The minimum Gasteiger partial charge on any atom is -0.444 e. The molecule has 1 aliphatic heterocycles. The van der Waals surface area contributed by atoms with Gasteiger partial charge in [-0.1, -0.05) is 5.16 Å². The maximum Gasteiger partial charge on any atom is 0.410 e. The van der Waals surface area contributed by atoms with E-state index in [1.807, 2.05) is 20.8 Å². The zero-order valence-electron chi connectivity index (χ0n) is 12.7. The third-order valence-corrected chi connectivity index (χ3v) is 4.53. The molecule has 0 N–H and O–H groups in total. The summed E-state index contributed by atoms with van der Waals surface area (Å²) in [6, 6.07) is 0. The van der Waals surface area contributed by atoms with Gasteiger partial charge >= 0.3 is 6.09 Å². The average molecular weight is 291 g/mol. The number of hydrogen-bond acceptors (Lipinski definition) is 5. The maximum atomic E-state index is 12.0. The van der Waals surface area contributed by atoms with E-state index < -0.39 is 5.60 Å². The molecule has 21 heavy (non-hydrogen) atoms. The van der Waals surface area contributed by atoms with Crippen LogP contribution in [0.3, 0.4) is 0 Å². The van der Waals surface area contributed by atoms with E-state index >= 15 is 0 Å². The number of hydrogen-bond donors (Lipinski definition) is 0. The number of carbonyl (C=O) groups excluding carboxylic acids is 1. The van der Waals surface area contributed by atoms with Gasteiger partial charge in [-0.15, -0.1) is 0 Å². The van der Waals surface area contributed by atoms with E-state index in [4.69, 9.17) is 9.26 Å². The predicted molar refractivity (Wildman–Crippen MR) is 73.8 cm³/mol. The second-order valence-electron chi connectivity index (χ2n) is 7.50. The summed E-state index contributed by atoms with van der Waals surface area (Å²) in [5.74, 6) is 3.47. The number of likely N-dealkylation sites (tertiary alicyclic amines) is 1. The largest absolute Gasteiger partial charge is 0.444 e. The van der Waals surface area contributed by atoms with Gasteiger partial charge in [0, 0.05) is 24.9 Å². The van der Waals surface area contributed by atoms with Crippen LogP contribution in [-0.2, 0) is 4.74 Å². The van der Waals surface area contributed by atoms with Gasteiger partial charge in [0.2, 0.25) is 5.89 Å². The Labute approximate surface area is 123 Å². The van der Waals surface area contributed by atoms with Crippen LogP contribution in [0.15, 0.2) is 4.52 Å². The van der Waals surface area contributed by atoms with Crippen molar-refractivity contribution in [2.45, 2.75) is 51.0 Å². The quantitative estimate of drug-likeness (QED) is 0.837. The zero-order chi connectivity index (χ0) is 14.8. The Morgan fingerprint density at radius 1 is 1.29 bits per heavy atom. The molecule has 6 heteroatoms. The van der Waals surface area contributed by atoms with Crippen molar-refractivity contribution in [3.63, 3.8) is 0 Å². The van der Waals surface area contributed by atoms with E-state index in [1.54, 1.807) is 4.90 Å².